The molecule has 8 heteroatoms. The molecular weight excluding hydrogens is 466 g/mol. The summed E-state index contributed by atoms with van der Waals surface area (Å²) in [6.07, 6.45) is 6.94. The molecule has 0 aliphatic carbocycles. The lowest BCUT2D eigenvalue weighted by Gasteiger charge is -2.27. The monoisotopic (exact) mass is 497 g/mol. The van der Waals surface area contributed by atoms with Gasteiger partial charge in [0.05, 0.1) is 26.0 Å². The van der Waals surface area contributed by atoms with Crippen molar-refractivity contribution in [1.82, 2.24) is 24.8 Å². The molecule has 190 valence electrons. The van der Waals surface area contributed by atoms with E-state index < -0.39 is 0 Å². The highest BCUT2D eigenvalue weighted by molar-refractivity contribution is 5.88. The molecule has 1 saturated heterocycles. The van der Waals surface area contributed by atoms with Crippen molar-refractivity contribution in [1.29, 1.82) is 0 Å². The summed E-state index contributed by atoms with van der Waals surface area (Å²) < 4.78 is 13.5. The number of aromatic nitrogens is 3. The fourth-order valence-corrected chi connectivity index (χ4v) is 5.16. The van der Waals surface area contributed by atoms with Gasteiger partial charge in [0, 0.05) is 56.3 Å². The smallest absolute Gasteiger partial charge is 0.224 e. The first-order valence-corrected chi connectivity index (χ1v) is 13.0. The van der Waals surface area contributed by atoms with E-state index in [0.29, 0.717) is 19.5 Å². The molecule has 2 aliphatic rings. The summed E-state index contributed by atoms with van der Waals surface area (Å²) in [5, 5.41) is 8.83. The molecule has 37 heavy (non-hydrogen) atoms. The van der Waals surface area contributed by atoms with Crippen molar-refractivity contribution < 1.29 is 13.9 Å². The Bertz CT molecular complexity index is 1400. The SMILES string of the molecule is O=C(CCn1ccnn1)N1CCC=C(c2ccc3oc(-c4ccccc4CN4CCOCC4)cc3c2)C1. The molecule has 8 nitrogen and oxygen atoms in total. The number of fused-ring (bicyclic) bond motifs is 1. The molecular formula is C29H31N5O3. The summed E-state index contributed by atoms with van der Waals surface area (Å²) in [5.74, 6) is 1.03. The second kappa shape index (κ2) is 10.7. The fraction of sp³-hybridized carbons (Fsp3) is 0.345. The van der Waals surface area contributed by atoms with Crippen LogP contribution >= 0.6 is 0 Å². The van der Waals surface area contributed by atoms with Crippen LogP contribution in [0, 0.1) is 0 Å². The van der Waals surface area contributed by atoms with Crippen LogP contribution in [-0.2, 0) is 22.6 Å². The molecule has 0 saturated carbocycles. The average Bonchev–Trinajstić information content (AvgIpc) is 3.62. The Hall–Kier alpha value is -3.75. The van der Waals surface area contributed by atoms with Gasteiger partial charge in [-0.2, -0.15) is 0 Å². The molecule has 1 amide bonds. The summed E-state index contributed by atoms with van der Waals surface area (Å²) in [4.78, 5) is 17.2. The number of nitrogens with zero attached hydrogens (tertiary/aromatic N) is 5. The highest BCUT2D eigenvalue weighted by atomic mass is 16.5. The van der Waals surface area contributed by atoms with Crippen LogP contribution in [0.4, 0.5) is 0 Å². The van der Waals surface area contributed by atoms with Crippen LogP contribution in [-0.4, -0.2) is 70.1 Å². The Morgan fingerprint density at radius 1 is 1.03 bits per heavy atom. The highest BCUT2D eigenvalue weighted by Crippen LogP contribution is 2.33. The number of hydrogen-bond acceptors (Lipinski definition) is 6. The molecule has 2 aromatic carbocycles. The van der Waals surface area contributed by atoms with Gasteiger partial charge in [-0.25, -0.2) is 0 Å². The standard InChI is InChI=1S/C29H31N5O3/c35-29(9-12-34-13-10-30-31-34)33-11-3-5-23(21-33)22-7-8-27-25(18-22)19-28(37-27)26-6-2-1-4-24(26)20-32-14-16-36-17-15-32/h1-2,4-8,10,13,18-19H,3,9,11-12,14-17,20-21H2. The number of aryl methyl sites for hydroxylation is 1. The largest absolute Gasteiger partial charge is 0.456 e. The molecule has 2 aromatic heterocycles. The van der Waals surface area contributed by atoms with Gasteiger partial charge in [-0.3, -0.25) is 14.4 Å². The lowest BCUT2D eigenvalue weighted by atomic mass is 9.99. The van der Waals surface area contributed by atoms with Crippen molar-refractivity contribution in [2.45, 2.75) is 25.9 Å². The first-order chi connectivity index (χ1) is 18.2. The van der Waals surface area contributed by atoms with Crippen LogP contribution in [0.2, 0.25) is 0 Å². The van der Waals surface area contributed by atoms with Crippen molar-refractivity contribution in [3.8, 4) is 11.3 Å². The first kappa shape index (κ1) is 23.6. The van der Waals surface area contributed by atoms with Crippen molar-refractivity contribution in [3.05, 3.63) is 78.1 Å². The van der Waals surface area contributed by atoms with Crippen LogP contribution in [0.1, 0.15) is 24.0 Å². The van der Waals surface area contributed by atoms with E-state index in [1.807, 2.05) is 11.0 Å². The Balaban J connectivity index is 1.18. The topological polar surface area (TPSA) is 76.6 Å². The third-order valence-electron chi connectivity index (χ3n) is 7.20. The minimum atomic E-state index is 0.143. The summed E-state index contributed by atoms with van der Waals surface area (Å²) in [6.45, 7) is 6.28. The maximum Gasteiger partial charge on any atom is 0.224 e. The van der Waals surface area contributed by atoms with Gasteiger partial charge in [-0.05, 0) is 41.3 Å². The molecule has 4 heterocycles. The third kappa shape index (κ3) is 5.35. The van der Waals surface area contributed by atoms with Gasteiger partial charge in [-0.15, -0.1) is 5.10 Å². The Kier molecular flexibility index (Phi) is 6.84. The van der Waals surface area contributed by atoms with E-state index >= 15 is 0 Å². The van der Waals surface area contributed by atoms with Gasteiger partial charge in [0.25, 0.3) is 0 Å². The van der Waals surface area contributed by atoms with Crippen LogP contribution in [0.15, 0.2) is 71.4 Å². The summed E-state index contributed by atoms with van der Waals surface area (Å²) in [6, 6.07) is 17.0. The number of hydrogen-bond donors (Lipinski definition) is 0. The first-order valence-electron chi connectivity index (χ1n) is 13.0. The van der Waals surface area contributed by atoms with Crippen molar-refractivity contribution in [2.24, 2.45) is 0 Å². The zero-order chi connectivity index (χ0) is 25.0. The minimum Gasteiger partial charge on any atom is -0.456 e. The van der Waals surface area contributed by atoms with E-state index in [-0.39, 0.29) is 5.91 Å². The second-order valence-corrected chi connectivity index (χ2v) is 9.66. The summed E-state index contributed by atoms with van der Waals surface area (Å²) in [5.41, 5.74) is 5.58. The predicted octanol–water partition coefficient (Wildman–Crippen LogP) is 4.23. The number of furan rings is 1. The molecule has 0 N–H and O–H groups in total. The van der Waals surface area contributed by atoms with Crippen LogP contribution in [0.5, 0.6) is 0 Å². The average molecular weight is 498 g/mol. The molecule has 1 fully saturated rings. The van der Waals surface area contributed by atoms with E-state index in [4.69, 9.17) is 9.15 Å². The Morgan fingerprint density at radius 3 is 2.78 bits per heavy atom. The molecule has 0 atom stereocenters. The van der Waals surface area contributed by atoms with E-state index in [1.54, 1.807) is 17.1 Å². The van der Waals surface area contributed by atoms with E-state index in [1.165, 1.54) is 11.1 Å². The maximum absolute atomic E-state index is 12.8. The number of morpholine rings is 1. The second-order valence-electron chi connectivity index (χ2n) is 9.66. The lowest BCUT2D eigenvalue weighted by Crippen LogP contribution is -2.35. The van der Waals surface area contributed by atoms with Crippen LogP contribution in [0.25, 0.3) is 27.9 Å². The number of carbonyl (C=O) groups is 1. The molecule has 6 rings (SSSR count). The number of benzene rings is 2. The minimum absolute atomic E-state index is 0.143. The molecule has 4 aromatic rings. The van der Waals surface area contributed by atoms with Crippen LogP contribution in [0.3, 0.4) is 0 Å². The molecule has 2 aliphatic heterocycles. The van der Waals surface area contributed by atoms with E-state index in [9.17, 15) is 4.79 Å². The van der Waals surface area contributed by atoms with Crippen molar-refractivity contribution >= 4 is 22.4 Å². The molecule has 0 radical (unpaired) electrons. The quantitative estimate of drug-likeness (QED) is 0.380. The number of rotatable bonds is 7. The number of ether oxygens (including phenoxy) is 1. The lowest BCUT2D eigenvalue weighted by molar-refractivity contribution is -0.131. The van der Waals surface area contributed by atoms with E-state index in [2.05, 4.69) is 63.8 Å². The number of carbonyl (C=O) groups excluding carboxylic acids is 1. The van der Waals surface area contributed by atoms with Crippen molar-refractivity contribution in [3.63, 3.8) is 0 Å². The Labute approximate surface area is 216 Å². The Morgan fingerprint density at radius 2 is 1.92 bits per heavy atom. The zero-order valence-corrected chi connectivity index (χ0v) is 20.9. The fourth-order valence-electron chi connectivity index (χ4n) is 5.16. The van der Waals surface area contributed by atoms with Gasteiger partial charge in [0.1, 0.15) is 11.3 Å². The number of amides is 1. The summed E-state index contributed by atoms with van der Waals surface area (Å²) >= 11 is 0. The molecule has 0 unspecified atom stereocenters. The third-order valence-corrected chi connectivity index (χ3v) is 7.20. The van der Waals surface area contributed by atoms with Gasteiger partial charge >= 0.3 is 0 Å². The summed E-state index contributed by atoms with van der Waals surface area (Å²) in [7, 11) is 0. The molecule has 0 bridgehead atoms. The maximum atomic E-state index is 12.8. The zero-order valence-electron chi connectivity index (χ0n) is 20.9. The molecule has 0 spiro atoms. The van der Waals surface area contributed by atoms with Crippen LogP contribution < -0.4 is 0 Å². The highest BCUT2D eigenvalue weighted by Gasteiger charge is 2.20. The van der Waals surface area contributed by atoms with Gasteiger partial charge in [0.2, 0.25) is 5.91 Å². The van der Waals surface area contributed by atoms with E-state index in [0.717, 1.165) is 73.7 Å². The normalized spacial score (nSPS) is 16.8. The van der Waals surface area contributed by atoms with Gasteiger partial charge < -0.3 is 14.1 Å². The van der Waals surface area contributed by atoms with Gasteiger partial charge in [0.15, 0.2) is 0 Å². The van der Waals surface area contributed by atoms with Crippen molar-refractivity contribution in [2.75, 3.05) is 39.4 Å². The van der Waals surface area contributed by atoms with Gasteiger partial charge in [-0.1, -0.05) is 41.6 Å². The predicted molar refractivity (Wildman–Crippen MR) is 142 cm³/mol.